The fourth-order valence-corrected chi connectivity index (χ4v) is 3.83. The van der Waals surface area contributed by atoms with E-state index in [9.17, 15) is 0 Å². The van der Waals surface area contributed by atoms with Gasteiger partial charge in [-0.2, -0.15) is 0 Å². The number of rotatable bonds is 3. The molecule has 1 saturated heterocycles. The second-order valence-corrected chi connectivity index (χ2v) is 6.42. The fraction of sp³-hybridized carbons (Fsp3) is 0.556. The third-order valence-corrected chi connectivity index (χ3v) is 5.20. The molecular formula is C18H26N2O. The topological polar surface area (TPSA) is 42.4 Å². The van der Waals surface area contributed by atoms with Crippen LogP contribution in [0.25, 0.3) is 11.0 Å². The molecule has 3 nitrogen and oxygen atoms in total. The number of furan rings is 1. The smallest absolute Gasteiger partial charge is 0.134 e. The second kappa shape index (κ2) is 5.82. The van der Waals surface area contributed by atoms with E-state index < -0.39 is 0 Å². The summed E-state index contributed by atoms with van der Waals surface area (Å²) in [5.41, 5.74) is 8.44. The summed E-state index contributed by atoms with van der Waals surface area (Å²) in [4.78, 5) is 2.58. The molecule has 3 atom stereocenters. The maximum absolute atomic E-state index is 6.18. The lowest BCUT2D eigenvalue weighted by Crippen LogP contribution is -2.46. The summed E-state index contributed by atoms with van der Waals surface area (Å²) in [5.74, 6) is 1.74. The van der Waals surface area contributed by atoms with Crippen LogP contribution in [0.2, 0.25) is 0 Å². The van der Waals surface area contributed by atoms with Gasteiger partial charge in [-0.25, -0.2) is 0 Å². The molecule has 1 aromatic heterocycles. The zero-order valence-electron chi connectivity index (χ0n) is 13.3. The van der Waals surface area contributed by atoms with Crippen LogP contribution in [0.15, 0.2) is 28.7 Å². The number of hydrogen-bond donors (Lipinski definition) is 1. The summed E-state index contributed by atoms with van der Waals surface area (Å²) in [6.07, 6.45) is 2.58. The average molecular weight is 286 g/mol. The number of fused-ring (bicyclic) bond motifs is 1. The van der Waals surface area contributed by atoms with E-state index in [-0.39, 0.29) is 6.04 Å². The molecule has 1 aliphatic rings. The van der Waals surface area contributed by atoms with Crippen LogP contribution in [0.4, 0.5) is 0 Å². The minimum absolute atomic E-state index is 0.256. The Bertz CT molecular complexity index is 619. The third-order valence-electron chi connectivity index (χ3n) is 5.20. The summed E-state index contributed by atoms with van der Waals surface area (Å²) in [5, 5.41) is 1.22. The van der Waals surface area contributed by atoms with Crippen LogP contribution in [0.5, 0.6) is 0 Å². The molecule has 3 heteroatoms. The molecule has 21 heavy (non-hydrogen) atoms. The van der Waals surface area contributed by atoms with Crippen molar-refractivity contribution in [1.82, 2.24) is 4.90 Å². The Morgan fingerprint density at radius 1 is 1.33 bits per heavy atom. The van der Waals surface area contributed by atoms with Crippen molar-refractivity contribution >= 4 is 11.0 Å². The Hall–Kier alpha value is -1.32. The van der Waals surface area contributed by atoms with Crippen LogP contribution in [0, 0.1) is 12.8 Å². The number of piperidine rings is 1. The van der Waals surface area contributed by atoms with Crippen molar-refractivity contribution in [2.75, 3.05) is 13.1 Å². The van der Waals surface area contributed by atoms with Crippen LogP contribution in [-0.2, 0) is 0 Å². The molecule has 0 radical (unpaired) electrons. The number of likely N-dealkylation sites (tertiary alicyclic amines) is 1. The van der Waals surface area contributed by atoms with Crippen molar-refractivity contribution in [2.45, 2.75) is 45.7 Å². The average Bonchev–Trinajstić information content (AvgIpc) is 2.81. The van der Waals surface area contributed by atoms with E-state index in [1.54, 1.807) is 0 Å². The highest BCUT2D eigenvalue weighted by molar-refractivity contribution is 5.82. The molecule has 2 N–H and O–H groups in total. The normalized spacial score (nSPS) is 25.3. The molecule has 3 unspecified atom stereocenters. The van der Waals surface area contributed by atoms with Gasteiger partial charge in [-0.05, 0) is 45.2 Å². The van der Waals surface area contributed by atoms with Gasteiger partial charge < -0.3 is 10.2 Å². The van der Waals surface area contributed by atoms with Gasteiger partial charge in [-0.15, -0.1) is 0 Å². The number of hydrogen-bond acceptors (Lipinski definition) is 3. The lowest BCUT2D eigenvalue weighted by atomic mass is 9.89. The van der Waals surface area contributed by atoms with E-state index in [4.69, 9.17) is 10.2 Å². The first-order valence-corrected chi connectivity index (χ1v) is 8.07. The predicted octanol–water partition coefficient (Wildman–Crippen LogP) is 3.86. The van der Waals surface area contributed by atoms with Gasteiger partial charge in [0.05, 0.1) is 6.04 Å². The SMILES string of the molecule is Cc1oc2ccccc2c1C(CN)N1CCCC(C)C1C. The Morgan fingerprint density at radius 3 is 2.86 bits per heavy atom. The molecule has 2 heterocycles. The monoisotopic (exact) mass is 286 g/mol. The van der Waals surface area contributed by atoms with Gasteiger partial charge in [0.2, 0.25) is 0 Å². The van der Waals surface area contributed by atoms with Gasteiger partial charge in [0.15, 0.2) is 0 Å². The first-order valence-electron chi connectivity index (χ1n) is 8.07. The summed E-state index contributed by atoms with van der Waals surface area (Å²) in [7, 11) is 0. The molecular weight excluding hydrogens is 260 g/mol. The summed E-state index contributed by atoms with van der Waals surface area (Å²) >= 11 is 0. The molecule has 2 aromatic rings. The van der Waals surface area contributed by atoms with Crippen LogP contribution in [0.1, 0.15) is 44.1 Å². The Labute approximate surface area is 127 Å². The molecule has 3 rings (SSSR count). The van der Waals surface area contributed by atoms with Crippen LogP contribution >= 0.6 is 0 Å². The molecule has 0 bridgehead atoms. The standard InChI is InChI=1S/C18H26N2O/c1-12-7-6-10-20(13(12)2)16(11-19)18-14(3)21-17-9-5-4-8-15(17)18/h4-5,8-9,12-13,16H,6-7,10-11,19H2,1-3H3. The van der Waals surface area contributed by atoms with Crippen molar-refractivity contribution in [2.24, 2.45) is 11.7 Å². The first-order chi connectivity index (χ1) is 10.1. The summed E-state index contributed by atoms with van der Waals surface area (Å²) in [6.45, 7) is 8.53. The van der Waals surface area contributed by atoms with Gasteiger partial charge >= 0.3 is 0 Å². The molecule has 0 saturated carbocycles. The third kappa shape index (κ3) is 2.49. The maximum Gasteiger partial charge on any atom is 0.134 e. The predicted molar refractivity (Wildman–Crippen MR) is 87.3 cm³/mol. The van der Waals surface area contributed by atoms with E-state index in [1.807, 2.05) is 12.1 Å². The quantitative estimate of drug-likeness (QED) is 0.931. The highest BCUT2D eigenvalue weighted by Crippen LogP contribution is 2.37. The Morgan fingerprint density at radius 2 is 2.10 bits per heavy atom. The molecule has 1 aromatic carbocycles. The van der Waals surface area contributed by atoms with Crippen molar-refractivity contribution in [3.05, 3.63) is 35.6 Å². The summed E-state index contributed by atoms with van der Waals surface area (Å²) < 4.78 is 5.95. The number of benzene rings is 1. The van der Waals surface area contributed by atoms with Crippen LogP contribution in [0.3, 0.4) is 0 Å². The zero-order chi connectivity index (χ0) is 15.0. The van der Waals surface area contributed by atoms with E-state index in [0.29, 0.717) is 12.6 Å². The van der Waals surface area contributed by atoms with Gasteiger partial charge in [-0.1, -0.05) is 25.1 Å². The van der Waals surface area contributed by atoms with E-state index in [0.717, 1.165) is 23.8 Å². The first kappa shape index (κ1) is 14.6. The van der Waals surface area contributed by atoms with Gasteiger partial charge in [0.1, 0.15) is 11.3 Å². The number of nitrogens with zero attached hydrogens (tertiary/aromatic N) is 1. The lowest BCUT2D eigenvalue weighted by Gasteiger charge is -2.42. The maximum atomic E-state index is 6.18. The van der Waals surface area contributed by atoms with Crippen molar-refractivity contribution in [3.8, 4) is 0 Å². The number of para-hydroxylation sites is 1. The van der Waals surface area contributed by atoms with Crippen LogP contribution in [-0.4, -0.2) is 24.0 Å². The van der Waals surface area contributed by atoms with Crippen LogP contribution < -0.4 is 5.73 Å². The van der Waals surface area contributed by atoms with E-state index in [2.05, 4.69) is 37.8 Å². The van der Waals surface area contributed by atoms with Crippen molar-refractivity contribution in [3.63, 3.8) is 0 Å². The number of aryl methyl sites for hydroxylation is 1. The molecule has 0 spiro atoms. The minimum atomic E-state index is 0.256. The highest BCUT2D eigenvalue weighted by atomic mass is 16.3. The molecule has 0 aliphatic carbocycles. The fourth-order valence-electron chi connectivity index (χ4n) is 3.83. The highest BCUT2D eigenvalue weighted by Gasteiger charge is 2.32. The summed E-state index contributed by atoms with van der Waals surface area (Å²) in [6, 6.07) is 9.13. The Balaban J connectivity index is 2.04. The van der Waals surface area contributed by atoms with Gasteiger partial charge in [0.25, 0.3) is 0 Å². The van der Waals surface area contributed by atoms with Crippen molar-refractivity contribution < 1.29 is 4.42 Å². The van der Waals surface area contributed by atoms with Gasteiger partial charge in [0, 0.05) is 23.5 Å². The van der Waals surface area contributed by atoms with E-state index >= 15 is 0 Å². The van der Waals surface area contributed by atoms with E-state index in [1.165, 1.54) is 23.8 Å². The number of nitrogens with two attached hydrogens (primary N) is 1. The largest absolute Gasteiger partial charge is 0.461 e. The molecule has 0 amide bonds. The Kier molecular flexibility index (Phi) is 4.05. The zero-order valence-corrected chi connectivity index (χ0v) is 13.3. The minimum Gasteiger partial charge on any atom is -0.461 e. The molecule has 114 valence electrons. The van der Waals surface area contributed by atoms with Crippen molar-refractivity contribution in [1.29, 1.82) is 0 Å². The molecule has 1 aliphatic heterocycles. The lowest BCUT2D eigenvalue weighted by molar-refractivity contribution is 0.0708. The molecule has 1 fully saturated rings. The van der Waals surface area contributed by atoms with Gasteiger partial charge in [-0.3, -0.25) is 4.90 Å². The second-order valence-electron chi connectivity index (χ2n) is 6.42.